The van der Waals surface area contributed by atoms with Crippen LogP contribution in [0.4, 0.5) is 0 Å². The number of hydrogen-bond acceptors (Lipinski definition) is 4. The van der Waals surface area contributed by atoms with Crippen LogP contribution in [0.25, 0.3) is 0 Å². The van der Waals surface area contributed by atoms with E-state index in [1.165, 1.54) is 12.2 Å². The van der Waals surface area contributed by atoms with Gasteiger partial charge in [0.15, 0.2) is 5.96 Å². The predicted octanol–water partition coefficient (Wildman–Crippen LogP) is 2.24. The quantitative estimate of drug-likeness (QED) is 0.270. The second kappa shape index (κ2) is 12.6. The lowest BCUT2D eigenvalue weighted by Crippen LogP contribution is -2.48. The van der Waals surface area contributed by atoms with Gasteiger partial charge in [-0.05, 0) is 39.2 Å². The van der Waals surface area contributed by atoms with Crippen molar-refractivity contribution in [3.63, 3.8) is 0 Å². The van der Waals surface area contributed by atoms with Gasteiger partial charge in [0, 0.05) is 50.3 Å². The Kier molecular flexibility index (Phi) is 11.7. The third-order valence-corrected chi connectivity index (χ3v) is 6.05. The van der Waals surface area contributed by atoms with Crippen LogP contribution in [0, 0.1) is 0 Å². The number of hydrogen-bond donors (Lipinski definition) is 2. The maximum atomic E-state index is 9.55. The minimum absolute atomic E-state index is 0. The summed E-state index contributed by atoms with van der Waals surface area (Å²) >= 11 is 2.10. The monoisotopic (exact) mass is 470 g/mol. The summed E-state index contributed by atoms with van der Waals surface area (Å²) in [5.74, 6) is 2.30. The molecule has 0 aromatic rings. The standard InChI is InChI=1S/C17H34N4OS.HI/c1-3-16-14-21(12-13-23-16)17(18-4-2)19-8-5-9-20-10-6-15(22)7-11-20;/h15-16,22H,3-14H2,1-2H3,(H,18,19);1H. The van der Waals surface area contributed by atoms with E-state index >= 15 is 0 Å². The molecule has 1 unspecified atom stereocenters. The van der Waals surface area contributed by atoms with E-state index in [2.05, 4.69) is 40.7 Å². The topological polar surface area (TPSA) is 51.1 Å². The molecular weight excluding hydrogens is 435 g/mol. The Morgan fingerprint density at radius 3 is 2.67 bits per heavy atom. The average Bonchev–Trinajstić information content (AvgIpc) is 2.59. The summed E-state index contributed by atoms with van der Waals surface area (Å²) in [6.07, 6.45) is 4.12. The van der Waals surface area contributed by atoms with Gasteiger partial charge in [0.1, 0.15) is 0 Å². The number of aliphatic hydroxyl groups excluding tert-OH is 1. The fraction of sp³-hybridized carbons (Fsp3) is 0.941. The molecule has 2 heterocycles. The molecule has 0 amide bonds. The van der Waals surface area contributed by atoms with Crippen molar-refractivity contribution in [2.24, 2.45) is 4.99 Å². The summed E-state index contributed by atoms with van der Waals surface area (Å²) in [4.78, 5) is 9.75. The van der Waals surface area contributed by atoms with Crippen LogP contribution in [0.1, 0.15) is 39.5 Å². The Morgan fingerprint density at radius 1 is 1.25 bits per heavy atom. The van der Waals surface area contributed by atoms with Gasteiger partial charge in [-0.15, -0.1) is 24.0 Å². The summed E-state index contributed by atoms with van der Waals surface area (Å²) in [5.41, 5.74) is 0. The number of likely N-dealkylation sites (tertiary alicyclic amines) is 1. The largest absolute Gasteiger partial charge is 0.393 e. The van der Waals surface area contributed by atoms with Crippen molar-refractivity contribution in [3.8, 4) is 0 Å². The fourth-order valence-corrected chi connectivity index (χ4v) is 4.39. The van der Waals surface area contributed by atoms with Crippen molar-refractivity contribution in [1.29, 1.82) is 0 Å². The Labute approximate surface area is 169 Å². The number of nitrogens with zero attached hydrogens (tertiary/aromatic N) is 3. The molecular formula is C17H35IN4OS. The van der Waals surface area contributed by atoms with Crippen LogP contribution >= 0.6 is 35.7 Å². The zero-order chi connectivity index (χ0) is 16.5. The SMILES string of the molecule is CCNC(=NCCCN1CCC(O)CC1)N1CCSC(CC)C1.I. The minimum Gasteiger partial charge on any atom is -0.393 e. The predicted molar refractivity (Wildman–Crippen MR) is 116 cm³/mol. The highest BCUT2D eigenvalue weighted by Gasteiger charge is 2.21. The van der Waals surface area contributed by atoms with Gasteiger partial charge < -0.3 is 20.2 Å². The van der Waals surface area contributed by atoms with Crippen LogP contribution in [-0.2, 0) is 0 Å². The molecule has 5 nitrogen and oxygen atoms in total. The molecule has 0 bridgehead atoms. The van der Waals surface area contributed by atoms with Crippen LogP contribution in [-0.4, -0.2) is 83.8 Å². The summed E-state index contributed by atoms with van der Waals surface area (Å²) in [6.45, 7) is 11.6. The maximum absolute atomic E-state index is 9.55. The molecule has 0 aromatic carbocycles. The molecule has 7 heteroatoms. The maximum Gasteiger partial charge on any atom is 0.193 e. The van der Waals surface area contributed by atoms with E-state index in [1.807, 2.05) is 0 Å². The molecule has 2 rings (SSSR count). The number of rotatable bonds is 6. The molecule has 0 radical (unpaired) electrons. The van der Waals surface area contributed by atoms with Gasteiger partial charge in [-0.3, -0.25) is 4.99 Å². The van der Waals surface area contributed by atoms with Gasteiger partial charge in [0.25, 0.3) is 0 Å². The first kappa shape index (κ1) is 22.3. The summed E-state index contributed by atoms with van der Waals surface area (Å²) in [6, 6.07) is 0. The zero-order valence-corrected chi connectivity index (χ0v) is 18.4. The smallest absolute Gasteiger partial charge is 0.193 e. The highest BCUT2D eigenvalue weighted by Crippen LogP contribution is 2.21. The highest BCUT2D eigenvalue weighted by molar-refractivity contribution is 14.0. The molecule has 2 fully saturated rings. The Morgan fingerprint density at radius 2 is 2.00 bits per heavy atom. The number of thioether (sulfide) groups is 1. The van der Waals surface area contributed by atoms with E-state index in [0.29, 0.717) is 0 Å². The third kappa shape index (κ3) is 7.66. The van der Waals surface area contributed by atoms with Crippen LogP contribution in [0.5, 0.6) is 0 Å². The number of aliphatic hydroxyl groups is 1. The first-order valence-electron chi connectivity index (χ1n) is 9.28. The van der Waals surface area contributed by atoms with Gasteiger partial charge in [-0.25, -0.2) is 0 Å². The van der Waals surface area contributed by atoms with Crippen molar-refractivity contribution in [3.05, 3.63) is 0 Å². The zero-order valence-electron chi connectivity index (χ0n) is 15.2. The van der Waals surface area contributed by atoms with Crippen LogP contribution in [0.15, 0.2) is 4.99 Å². The lowest BCUT2D eigenvalue weighted by atomic mass is 10.1. The molecule has 142 valence electrons. The van der Waals surface area contributed by atoms with Crippen molar-refractivity contribution in [2.45, 2.75) is 50.9 Å². The molecule has 0 saturated carbocycles. The number of nitrogens with one attached hydrogen (secondary N) is 1. The van der Waals surface area contributed by atoms with Gasteiger partial charge in [-0.2, -0.15) is 11.8 Å². The number of piperidine rings is 1. The van der Waals surface area contributed by atoms with Crippen molar-refractivity contribution in [1.82, 2.24) is 15.1 Å². The Hall–Kier alpha value is 0.270. The molecule has 0 aromatic heterocycles. The van der Waals surface area contributed by atoms with E-state index in [0.717, 1.165) is 76.3 Å². The number of aliphatic imine (C=N–C) groups is 1. The van der Waals surface area contributed by atoms with Crippen LogP contribution < -0.4 is 5.32 Å². The van der Waals surface area contributed by atoms with Crippen molar-refractivity contribution in [2.75, 3.05) is 51.6 Å². The van der Waals surface area contributed by atoms with Gasteiger partial charge in [-0.1, -0.05) is 6.92 Å². The van der Waals surface area contributed by atoms with E-state index in [-0.39, 0.29) is 30.1 Å². The molecule has 2 N–H and O–H groups in total. The average molecular weight is 470 g/mol. The fourth-order valence-electron chi connectivity index (χ4n) is 3.21. The van der Waals surface area contributed by atoms with Gasteiger partial charge in [0.05, 0.1) is 6.10 Å². The number of guanidine groups is 1. The second-order valence-electron chi connectivity index (χ2n) is 6.51. The summed E-state index contributed by atoms with van der Waals surface area (Å²) in [5, 5.41) is 13.8. The molecule has 2 aliphatic rings. The molecule has 2 saturated heterocycles. The highest BCUT2D eigenvalue weighted by atomic mass is 127. The van der Waals surface area contributed by atoms with Crippen LogP contribution in [0.3, 0.4) is 0 Å². The Balaban J connectivity index is 0.00000288. The summed E-state index contributed by atoms with van der Waals surface area (Å²) < 4.78 is 0. The normalized spacial score (nSPS) is 23.9. The lowest BCUT2D eigenvalue weighted by molar-refractivity contribution is 0.0824. The molecule has 0 spiro atoms. The first-order chi connectivity index (χ1) is 11.2. The molecule has 24 heavy (non-hydrogen) atoms. The van der Waals surface area contributed by atoms with Crippen molar-refractivity contribution >= 4 is 41.7 Å². The minimum atomic E-state index is -0.0758. The van der Waals surface area contributed by atoms with Gasteiger partial charge in [0.2, 0.25) is 0 Å². The second-order valence-corrected chi connectivity index (χ2v) is 7.92. The van der Waals surface area contributed by atoms with E-state index in [1.54, 1.807) is 0 Å². The van der Waals surface area contributed by atoms with E-state index in [9.17, 15) is 5.11 Å². The first-order valence-corrected chi connectivity index (χ1v) is 10.3. The Bertz CT molecular complexity index is 364. The lowest BCUT2D eigenvalue weighted by Gasteiger charge is -2.34. The van der Waals surface area contributed by atoms with E-state index in [4.69, 9.17) is 4.99 Å². The van der Waals surface area contributed by atoms with Crippen molar-refractivity contribution < 1.29 is 5.11 Å². The van der Waals surface area contributed by atoms with E-state index < -0.39 is 0 Å². The van der Waals surface area contributed by atoms with Crippen LogP contribution in [0.2, 0.25) is 0 Å². The number of halogens is 1. The summed E-state index contributed by atoms with van der Waals surface area (Å²) in [7, 11) is 0. The third-order valence-electron chi connectivity index (χ3n) is 4.68. The van der Waals surface area contributed by atoms with Gasteiger partial charge >= 0.3 is 0 Å². The molecule has 2 aliphatic heterocycles. The molecule has 1 atom stereocenters. The molecule has 0 aliphatic carbocycles.